The summed E-state index contributed by atoms with van der Waals surface area (Å²) in [6.07, 6.45) is 0. The maximum absolute atomic E-state index is 12.5. The van der Waals surface area contributed by atoms with Gasteiger partial charge in [0.05, 0.1) is 16.9 Å². The Bertz CT molecular complexity index is 492. The van der Waals surface area contributed by atoms with Crippen LogP contribution in [0.1, 0.15) is 27.7 Å². The number of alkyl halides is 2. The third-order valence-corrected chi connectivity index (χ3v) is 3.79. The van der Waals surface area contributed by atoms with Gasteiger partial charge in [0.25, 0.3) is 0 Å². The maximum atomic E-state index is 12.5. The molecule has 1 fully saturated rings. The molecule has 0 atom stereocenters. The highest BCUT2D eigenvalue weighted by Crippen LogP contribution is 2.37. The van der Waals surface area contributed by atoms with Gasteiger partial charge in [-0.2, -0.15) is 8.78 Å². The first-order valence-corrected chi connectivity index (χ1v) is 6.33. The number of halogens is 2. The smallest absolute Gasteiger partial charge is 0.433 e. The average Bonchev–Trinajstić information content (AvgIpc) is 2.50. The molecule has 1 heterocycles. The van der Waals surface area contributed by atoms with Gasteiger partial charge in [-0.25, -0.2) is 0 Å². The molecule has 0 unspecified atom stereocenters. The molecule has 1 aromatic carbocycles. The van der Waals surface area contributed by atoms with E-state index in [4.69, 9.17) is 15.0 Å². The molecule has 1 saturated heterocycles. The highest BCUT2D eigenvalue weighted by Gasteiger charge is 2.52. The molecule has 1 aliphatic rings. The third-order valence-electron chi connectivity index (χ3n) is 3.79. The molecule has 0 radical (unpaired) electrons. The highest BCUT2D eigenvalue weighted by atomic mass is 19.3. The molecule has 0 saturated carbocycles. The molecule has 0 amide bonds. The van der Waals surface area contributed by atoms with Crippen LogP contribution in [0.25, 0.3) is 0 Å². The number of hydrogen-bond donors (Lipinski definition) is 1. The Morgan fingerprint density at radius 1 is 1.15 bits per heavy atom. The van der Waals surface area contributed by atoms with Gasteiger partial charge in [-0.1, -0.05) is 12.1 Å². The molecule has 1 aliphatic heterocycles. The zero-order chi connectivity index (χ0) is 15.1. The minimum absolute atomic E-state index is 0.0963. The lowest BCUT2D eigenvalue weighted by atomic mass is 9.78. The molecule has 20 heavy (non-hydrogen) atoms. The van der Waals surface area contributed by atoms with Gasteiger partial charge in [0.15, 0.2) is 0 Å². The van der Waals surface area contributed by atoms with Crippen molar-refractivity contribution in [3.8, 4) is 5.75 Å². The summed E-state index contributed by atoms with van der Waals surface area (Å²) < 4.78 is 41.2. The van der Waals surface area contributed by atoms with E-state index in [-0.39, 0.29) is 11.4 Å². The van der Waals surface area contributed by atoms with Crippen LogP contribution in [-0.2, 0) is 9.31 Å². The Labute approximate surface area is 117 Å². The lowest BCUT2D eigenvalue weighted by Gasteiger charge is -2.32. The summed E-state index contributed by atoms with van der Waals surface area (Å²) in [5.41, 5.74) is 5.06. The Morgan fingerprint density at radius 3 is 2.20 bits per heavy atom. The van der Waals surface area contributed by atoms with Crippen molar-refractivity contribution in [2.24, 2.45) is 0 Å². The van der Waals surface area contributed by atoms with E-state index in [1.165, 1.54) is 6.07 Å². The Balaban J connectivity index is 2.37. The first kappa shape index (κ1) is 15.1. The van der Waals surface area contributed by atoms with Crippen LogP contribution >= 0.6 is 0 Å². The fraction of sp³-hybridized carbons (Fsp3) is 0.538. The number of anilines is 1. The molecule has 0 spiro atoms. The fourth-order valence-electron chi connectivity index (χ4n) is 1.95. The second kappa shape index (κ2) is 4.89. The van der Waals surface area contributed by atoms with Crippen LogP contribution in [0.4, 0.5) is 14.5 Å². The van der Waals surface area contributed by atoms with Gasteiger partial charge in [0.2, 0.25) is 0 Å². The number of rotatable bonds is 3. The van der Waals surface area contributed by atoms with Gasteiger partial charge in [0, 0.05) is 5.46 Å². The SMILES string of the molecule is CC1(C)OB(c2cccc(N)c2OC(F)F)OC1(C)C. The molecular formula is C13H18BF2NO3. The quantitative estimate of drug-likeness (QED) is 0.683. The maximum Gasteiger partial charge on any atom is 0.498 e. The number of benzene rings is 1. The number of nitrogen functional groups attached to an aromatic ring is 1. The summed E-state index contributed by atoms with van der Waals surface area (Å²) in [5, 5.41) is 0. The zero-order valence-corrected chi connectivity index (χ0v) is 11.9. The normalized spacial score (nSPS) is 20.4. The van der Waals surface area contributed by atoms with Gasteiger partial charge >= 0.3 is 13.7 Å². The van der Waals surface area contributed by atoms with E-state index in [2.05, 4.69) is 4.74 Å². The third kappa shape index (κ3) is 2.60. The van der Waals surface area contributed by atoms with Gasteiger partial charge in [0.1, 0.15) is 5.75 Å². The average molecular weight is 285 g/mol. The van der Waals surface area contributed by atoms with Crippen LogP contribution in [-0.4, -0.2) is 24.9 Å². The second-order valence-corrected chi connectivity index (χ2v) is 5.73. The number of hydrogen-bond acceptors (Lipinski definition) is 4. The Kier molecular flexibility index (Phi) is 3.68. The van der Waals surface area contributed by atoms with Crippen LogP contribution in [0, 0.1) is 0 Å². The van der Waals surface area contributed by atoms with Crippen molar-refractivity contribution in [2.75, 3.05) is 5.73 Å². The van der Waals surface area contributed by atoms with E-state index in [1.807, 2.05) is 27.7 Å². The summed E-state index contributed by atoms with van der Waals surface area (Å²) in [7, 11) is -0.794. The van der Waals surface area contributed by atoms with Crippen molar-refractivity contribution in [3.05, 3.63) is 18.2 Å². The molecule has 0 bridgehead atoms. The zero-order valence-electron chi connectivity index (χ0n) is 11.9. The molecular weight excluding hydrogens is 267 g/mol. The summed E-state index contributed by atoms with van der Waals surface area (Å²) in [6, 6.07) is 4.75. The van der Waals surface area contributed by atoms with Gasteiger partial charge in [-0.15, -0.1) is 0 Å². The summed E-state index contributed by atoms with van der Waals surface area (Å²) in [6.45, 7) is 4.57. The Morgan fingerprint density at radius 2 is 1.70 bits per heavy atom. The van der Waals surface area contributed by atoms with E-state index >= 15 is 0 Å². The lowest BCUT2D eigenvalue weighted by Crippen LogP contribution is -2.41. The van der Waals surface area contributed by atoms with E-state index in [0.717, 1.165) is 0 Å². The van der Waals surface area contributed by atoms with E-state index in [1.54, 1.807) is 12.1 Å². The topological polar surface area (TPSA) is 53.7 Å². The van der Waals surface area contributed by atoms with E-state index < -0.39 is 24.9 Å². The highest BCUT2D eigenvalue weighted by molar-refractivity contribution is 6.63. The number of ether oxygens (including phenoxy) is 1. The van der Waals surface area contributed by atoms with Crippen LogP contribution in [0.5, 0.6) is 5.75 Å². The minimum atomic E-state index is -2.96. The van der Waals surface area contributed by atoms with Crippen molar-refractivity contribution in [1.29, 1.82) is 0 Å². The molecule has 110 valence electrons. The van der Waals surface area contributed by atoms with E-state index in [0.29, 0.717) is 5.46 Å². The van der Waals surface area contributed by atoms with Crippen LogP contribution in [0.15, 0.2) is 18.2 Å². The first-order valence-electron chi connectivity index (χ1n) is 6.33. The largest absolute Gasteiger partial charge is 0.498 e. The molecule has 0 aromatic heterocycles. The van der Waals surface area contributed by atoms with Crippen LogP contribution in [0.2, 0.25) is 0 Å². The number of para-hydroxylation sites is 1. The van der Waals surface area contributed by atoms with Gasteiger partial charge in [-0.05, 0) is 33.8 Å². The monoisotopic (exact) mass is 285 g/mol. The molecule has 0 aliphatic carbocycles. The van der Waals surface area contributed by atoms with Crippen LogP contribution in [0.3, 0.4) is 0 Å². The fourth-order valence-corrected chi connectivity index (χ4v) is 1.95. The van der Waals surface area contributed by atoms with Crippen molar-refractivity contribution < 1.29 is 22.8 Å². The van der Waals surface area contributed by atoms with Crippen molar-refractivity contribution in [1.82, 2.24) is 0 Å². The van der Waals surface area contributed by atoms with Gasteiger partial charge < -0.3 is 19.8 Å². The predicted molar refractivity (Wildman–Crippen MR) is 73.2 cm³/mol. The number of nitrogens with two attached hydrogens (primary N) is 1. The van der Waals surface area contributed by atoms with Crippen molar-refractivity contribution in [3.63, 3.8) is 0 Å². The molecule has 4 nitrogen and oxygen atoms in total. The summed E-state index contributed by atoms with van der Waals surface area (Å²) >= 11 is 0. The standard InChI is InChI=1S/C13H18BF2NO3/c1-12(2)13(3,4)20-14(19-12)8-6-5-7-9(17)10(8)18-11(15)16/h5-7,11H,17H2,1-4H3. The second-order valence-electron chi connectivity index (χ2n) is 5.73. The van der Waals surface area contributed by atoms with Gasteiger partial charge in [-0.3, -0.25) is 0 Å². The minimum Gasteiger partial charge on any atom is -0.433 e. The molecule has 2 N–H and O–H groups in total. The van der Waals surface area contributed by atoms with E-state index in [9.17, 15) is 8.78 Å². The molecule has 7 heteroatoms. The van der Waals surface area contributed by atoms with Crippen LogP contribution < -0.4 is 15.9 Å². The summed E-state index contributed by atoms with van der Waals surface area (Å²) in [5.74, 6) is -0.0963. The van der Waals surface area contributed by atoms with Crippen molar-refractivity contribution >= 4 is 18.3 Å². The Hall–Kier alpha value is -1.34. The molecule has 1 aromatic rings. The molecule has 2 rings (SSSR count). The first-order chi connectivity index (χ1) is 9.14. The lowest BCUT2D eigenvalue weighted by molar-refractivity contribution is -0.0487. The summed E-state index contributed by atoms with van der Waals surface area (Å²) in [4.78, 5) is 0. The van der Waals surface area contributed by atoms with Crippen molar-refractivity contribution in [2.45, 2.75) is 45.5 Å². The predicted octanol–water partition coefficient (Wildman–Crippen LogP) is 2.17.